The number of rotatable bonds is 2. The van der Waals surface area contributed by atoms with Gasteiger partial charge in [0.25, 0.3) is 0 Å². The first-order valence-electron chi connectivity index (χ1n) is 6.88. The lowest BCUT2D eigenvalue weighted by Crippen LogP contribution is -2.28. The Hall–Kier alpha value is -1.33. The molecule has 1 heterocycles. The van der Waals surface area contributed by atoms with Gasteiger partial charge >= 0.3 is 0 Å². The van der Waals surface area contributed by atoms with Gasteiger partial charge in [-0.2, -0.15) is 0 Å². The maximum Gasteiger partial charge on any atom is 0.182 e. The molecule has 0 bridgehead atoms. The molecule has 0 radical (unpaired) electrons. The molecule has 2 aromatic rings. The molecule has 110 valence electrons. The molecule has 1 aliphatic heterocycles. The van der Waals surface area contributed by atoms with Gasteiger partial charge in [-0.25, -0.2) is 8.42 Å². The molecule has 1 N–H and O–H groups in total. The number of halogens is 1. The standard InChI is InChI=1S/C16H16BrNO2S/c17-13-6-9-14(10-7-13)21(19,20)15-8-5-12-3-1-2-4-16(12)18-11-15/h1-4,6-7,9-10,15,18H,5,8,11H2. The highest BCUT2D eigenvalue weighted by Gasteiger charge is 2.29. The van der Waals surface area contributed by atoms with Gasteiger partial charge in [0.2, 0.25) is 0 Å². The normalized spacial score (nSPS) is 18.4. The predicted molar refractivity (Wildman–Crippen MR) is 88.4 cm³/mol. The van der Waals surface area contributed by atoms with Crippen LogP contribution in [0.4, 0.5) is 5.69 Å². The van der Waals surface area contributed by atoms with E-state index < -0.39 is 15.1 Å². The Morgan fingerprint density at radius 2 is 1.76 bits per heavy atom. The molecule has 3 nitrogen and oxygen atoms in total. The summed E-state index contributed by atoms with van der Waals surface area (Å²) >= 11 is 3.33. The van der Waals surface area contributed by atoms with Crippen LogP contribution >= 0.6 is 15.9 Å². The number of hydrogen-bond acceptors (Lipinski definition) is 3. The van der Waals surface area contributed by atoms with Gasteiger partial charge in [-0.05, 0) is 48.7 Å². The minimum Gasteiger partial charge on any atom is -0.384 e. The minimum atomic E-state index is -3.30. The van der Waals surface area contributed by atoms with Crippen LogP contribution in [0.25, 0.3) is 0 Å². The largest absolute Gasteiger partial charge is 0.384 e. The smallest absolute Gasteiger partial charge is 0.182 e. The second-order valence-electron chi connectivity index (χ2n) is 5.20. The van der Waals surface area contributed by atoms with Crippen LogP contribution in [0.5, 0.6) is 0 Å². The van der Waals surface area contributed by atoms with E-state index in [1.165, 1.54) is 5.56 Å². The fourth-order valence-corrected chi connectivity index (χ4v) is 4.53. The molecule has 0 aliphatic carbocycles. The van der Waals surface area contributed by atoms with Crippen molar-refractivity contribution in [3.8, 4) is 0 Å². The Balaban J connectivity index is 1.86. The van der Waals surface area contributed by atoms with Crippen molar-refractivity contribution >= 4 is 31.5 Å². The number of fused-ring (bicyclic) bond motifs is 1. The summed E-state index contributed by atoms with van der Waals surface area (Å²) in [6.07, 6.45) is 1.42. The third-order valence-electron chi connectivity index (χ3n) is 3.85. The molecule has 0 fully saturated rings. The van der Waals surface area contributed by atoms with Crippen molar-refractivity contribution in [1.29, 1.82) is 0 Å². The highest BCUT2D eigenvalue weighted by molar-refractivity contribution is 9.10. The van der Waals surface area contributed by atoms with Gasteiger partial charge in [-0.1, -0.05) is 34.1 Å². The van der Waals surface area contributed by atoms with Gasteiger partial charge in [-0.3, -0.25) is 0 Å². The number of anilines is 1. The molecule has 1 aliphatic rings. The highest BCUT2D eigenvalue weighted by Crippen LogP contribution is 2.27. The van der Waals surface area contributed by atoms with Gasteiger partial charge < -0.3 is 5.32 Å². The van der Waals surface area contributed by atoms with Gasteiger partial charge in [0, 0.05) is 16.7 Å². The third-order valence-corrected chi connectivity index (χ3v) is 6.59. The van der Waals surface area contributed by atoms with E-state index in [2.05, 4.69) is 27.3 Å². The van der Waals surface area contributed by atoms with Crippen molar-refractivity contribution in [2.24, 2.45) is 0 Å². The van der Waals surface area contributed by atoms with Crippen molar-refractivity contribution in [1.82, 2.24) is 0 Å². The number of aryl methyl sites for hydroxylation is 1. The van der Waals surface area contributed by atoms with Crippen LogP contribution in [-0.2, 0) is 16.3 Å². The average molecular weight is 366 g/mol. The topological polar surface area (TPSA) is 46.2 Å². The maximum absolute atomic E-state index is 12.7. The van der Waals surface area contributed by atoms with E-state index in [0.29, 0.717) is 17.9 Å². The molecule has 0 saturated carbocycles. The summed E-state index contributed by atoms with van der Waals surface area (Å²) in [7, 11) is -3.30. The summed E-state index contributed by atoms with van der Waals surface area (Å²) in [6.45, 7) is 0.454. The van der Waals surface area contributed by atoms with Crippen molar-refractivity contribution in [2.45, 2.75) is 23.0 Å². The zero-order valence-electron chi connectivity index (χ0n) is 11.4. The zero-order chi connectivity index (χ0) is 14.9. The van der Waals surface area contributed by atoms with Crippen LogP contribution < -0.4 is 5.32 Å². The molecule has 0 spiro atoms. The molecule has 0 saturated heterocycles. The monoisotopic (exact) mass is 365 g/mol. The highest BCUT2D eigenvalue weighted by atomic mass is 79.9. The summed E-state index contributed by atoms with van der Waals surface area (Å²) in [5, 5.41) is 2.88. The number of benzene rings is 2. The zero-order valence-corrected chi connectivity index (χ0v) is 13.8. The molecule has 1 unspecified atom stereocenters. The van der Waals surface area contributed by atoms with Crippen LogP contribution in [0.1, 0.15) is 12.0 Å². The Morgan fingerprint density at radius 1 is 1.05 bits per heavy atom. The number of hydrogen-bond donors (Lipinski definition) is 1. The molecular formula is C16H16BrNO2S. The van der Waals surface area contributed by atoms with E-state index in [1.54, 1.807) is 24.3 Å². The van der Waals surface area contributed by atoms with E-state index in [9.17, 15) is 8.42 Å². The lowest BCUT2D eigenvalue weighted by Gasteiger charge is -2.15. The maximum atomic E-state index is 12.7. The molecule has 2 aromatic carbocycles. The van der Waals surface area contributed by atoms with Crippen LogP contribution in [0.15, 0.2) is 57.9 Å². The fraction of sp³-hybridized carbons (Fsp3) is 0.250. The SMILES string of the molecule is O=S(=O)(c1ccc(Br)cc1)C1CCc2ccccc2NC1. The van der Waals surface area contributed by atoms with Crippen LogP contribution in [-0.4, -0.2) is 20.2 Å². The van der Waals surface area contributed by atoms with Gasteiger partial charge in [0.1, 0.15) is 0 Å². The molecule has 21 heavy (non-hydrogen) atoms. The number of nitrogens with one attached hydrogen (secondary N) is 1. The second-order valence-corrected chi connectivity index (χ2v) is 8.34. The Morgan fingerprint density at radius 3 is 2.52 bits per heavy atom. The van der Waals surface area contributed by atoms with E-state index in [1.807, 2.05) is 18.2 Å². The first kappa shape index (κ1) is 14.6. The van der Waals surface area contributed by atoms with Gasteiger partial charge in [0.15, 0.2) is 9.84 Å². The predicted octanol–water partition coefficient (Wildman–Crippen LogP) is 3.65. The van der Waals surface area contributed by atoms with E-state index in [4.69, 9.17) is 0 Å². The van der Waals surface area contributed by atoms with Crippen molar-refractivity contribution < 1.29 is 8.42 Å². The van der Waals surface area contributed by atoms with Crippen LogP contribution in [0, 0.1) is 0 Å². The quantitative estimate of drug-likeness (QED) is 0.883. The summed E-state index contributed by atoms with van der Waals surface area (Å²) in [4.78, 5) is 0.392. The van der Waals surface area contributed by atoms with Gasteiger partial charge in [-0.15, -0.1) is 0 Å². The Kier molecular flexibility index (Phi) is 4.04. The van der Waals surface area contributed by atoms with Crippen LogP contribution in [0.2, 0.25) is 0 Å². The van der Waals surface area contributed by atoms with E-state index in [0.717, 1.165) is 16.6 Å². The van der Waals surface area contributed by atoms with Crippen molar-refractivity contribution in [3.05, 3.63) is 58.6 Å². The molecule has 3 rings (SSSR count). The second kappa shape index (κ2) is 5.81. The van der Waals surface area contributed by atoms with Crippen molar-refractivity contribution in [3.63, 3.8) is 0 Å². The molecular weight excluding hydrogens is 350 g/mol. The molecule has 0 aromatic heterocycles. The Bertz CT molecular complexity index is 714. The summed E-state index contributed by atoms with van der Waals surface area (Å²) in [6, 6.07) is 14.9. The number of para-hydroxylation sites is 1. The van der Waals surface area contributed by atoms with Crippen LogP contribution in [0.3, 0.4) is 0 Å². The molecule has 1 atom stereocenters. The first-order chi connectivity index (χ1) is 10.1. The lowest BCUT2D eigenvalue weighted by atomic mass is 10.1. The van der Waals surface area contributed by atoms with E-state index >= 15 is 0 Å². The Labute approximate surface area is 133 Å². The third kappa shape index (κ3) is 2.99. The first-order valence-corrected chi connectivity index (χ1v) is 9.22. The van der Waals surface area contributed by atoms with Crippen molar-refractivity contribution in [2.75, 3.05) is 11.9 Å². The summed E-state index contributed by atoms with van der Waals surface area (Å²) in [5.74, 6) is 0. The lowest BCUT2D eigenvalue weighted by molar-refractivity contribution is 0.575. The fourth-order valence-electron chi connectivity index (χ4n) is 2.63. The average Bonchev–Trinajstić information content (AvgIpc) is 2.70. The molecule has 5 heteroatoms. The minimum absolute atomic E-state index is 0.392. The van der Waals surface area contributed by atoms with E-state index in [-0.39, 0.29) is 0 Å². The summed E-state index contributed by atoms with van der Waals surface area (Å²) in [5.41, 5.74) is 2.23. The number of sulfone groups is 1. The summed E-state index contributed by atoms with van der Waals surface area (Å²) < 4.78 is 26.4. The van der Waals surface area contributed by atoms with Gasteiger partial charge in [0.05, 0.1) is 10.1 Å². The molecule has 0 amide bonds.